The molecule has 0 bridgehead atoms. The first-order chi connectivity index (χ1) is 8.31. The van der Waals surface area contributed by atoms with E-state index < -0.39 is 11.7 Å². The van der Waals surface area contributed by atoms with Crippen LogP contribution in [0.2, 0.25) is 0 Å². The van der Waals surface area contributed by atoms with Gasteiger partial charge in [0.1, 0.15) is 5.60 Å². The fourth-order valence-electron chi connectivity index (χ4n) is 1.76. The van der Waals surface area contributed by atoms with Gasteiger partial charge in [0.25, 0.3) is 0 Å². The van der Waals surface area contributed by atoms with Crippen LogP contribution in [0.3, 0.4) is 0 Å². The Morgan fingerprint density at radius 3 is 2.56 bits per heavy atom. The fraction of sp³-hybridized carbons (Fsp3) is 0.571. The van der Waals surface area contributed by atoms with Crippen LogP contribution in [0.25, 0.3) is 0 Å². The largest absolute Gasteiger partial charge is 0.444 e. The Hall–Kier alpha value is -1.58. The van der Waals surface area contributed by atoms with Gasteiger partial charge in [-0.2, -0.15) is 0 Å². The number of nitrogens with one attached hydrogen (secondary N) is 1. The van der Waals surface area contributed by atoms with E-state index in [0.29, 0.717) is 6.42 Å². The maximum Gasteiger partial charge on any atom is 0.408 e. The third-order valence-electron chi connectivity index (χ3n) is 2.48. The zero-order chi connectivity index (χ0) is 13.8. The van der Waals surface area contributed by atoms with E-state index in [0.717, 1.165) is 0 Å². The van der Waals surface area contributed by atoms with E-state index in [-0.39, 0.29) is 17.7 Å². The van der Waals surface area contributed by atoms with Gasteiger partial charge in [-0.25, -0.2) is 4.79 Å². The SMILES string of the molecule is C/C=C/C(=O)C1C=CC(NC(=O)OC(C)(C)C)C1. The quantitative estimate of drug-likeness (QED) is 0.619. The molecule has 0 aliphatic heterocycles. The van der Waals surface area contributed by atoms with Crippen LogP contribution in [0.4, 0.5) is 4.79 Å². The molecule has 0 fully saturated rings. The Bertz CT molecular complexity index is 377. The van der Waals surface area contributed by atoms with E-state index in [1.54, 1.807) is 12.2 Å². The fourth-order valence-corrected chi connectivity index (χ4v) is 1.76. The highest BCUT2D eigenvalue weighted by Gasteiger charge is 2.26. The normalized spacial score (nSPS) is 23.3. The highest BCUT2D eigenvalue weighted by molar-refractivity contribution is 5.93. The van der Waals surface area contributed by atoms with Crippen molar-refractivity contribution in [1.29, 1.82) is 0 Å². The van der Waals surface area contributed by atoms with Crippen LogP contribution in [0.1, 0.15) is 34.1 Å². The molecule has 0 spiro atoms. The van der Waals surface area contributed by atoms with Crippen LogP contribution >= 0.6 is 0 Å². The second-order valence-corrected chi connectivity index (χ2v) is 5.38. The smallest absolute Gasteiger partial charge is 0.408 e. The van der Waals surface area contributed by atoms with Crippen molar-refractivity contribution in [3.8, 4) is 0 Å². The molecule has 4 nitrogen and oxygen atoms in total. The van der Waals surface area contributed by atoms with Crippen molar-refractivity contribution in [3.63, 3.8) is 0 Å². The molecule has 1 rings (SSSR count). The lowest BCUT2D eigenvalue weighted by atomic mass is 10.0. The van der Waals surface area contributed by atoms with Gasteiger partial charge in [-0.3, -0.25) is 4.79 Å². The molecule has 2 unspecified atom stereocenters. The van der Waals surface area contributed by atoms with Gasteiger partial charge in [-0.15, -0.1) is 0 Å². The van der Waals surface area contributed by atoms with E-state index >= 15 is 0 Å². The second-order valence-electron chi connectivity index (χ2n) is 5.38. The van der Waals surface area contributed by atoms with E-state index in [1.165, 1.54) is 0 Å². The van der Waals surface area contributed by atoms with Crippen molar-refractivity contribution < 1.29 is 14.3 Å². The average Bonchev–Trinajstić information content (AvgIpc) is 2.63. The summed E-state index contributed by atoms with van der Waals surface area (Å²) in [5.74, 6) is -0.0663. The number of allylic oxidation sites excluding steroid dienone is 3. The van der Waals surface area contributed by atoms with Gasteiger partial charge in [-0.05, 0) is 40.2 Å². The maximum atomic E-state index is 11.6. The van der Waals surface area contributed by atoms with Gasteiger partial charge >= 0.3 is 6.09 Å². The van der Waals surface area contributed by atoms with Crippen LogP contribution in [0.15, 0.2) is 24.3 Å². The van der Waals surface area contributed by atoms with Crippen molar-refractivity contribution >= 4 is 11.9 Å². The number of carbonyl (C=O) groups is 2. The van der Waals surface area contributed by atoms with Gasteiger partial charge < -0.3 is 10.1 Å². The molecule has 18 heavy (non-hydrogen) atoms. The van der Waals surface area contributed by atoms with Crippen LogP contribution in [0.5, 0.6) is 0 Å². The molecule has 0 heterocycles. The zero-order valence-corrected chi connectivity index (χ0v) is 11.4. The van der Waals surface area contributed by atoms with Gasteiger partial charge in [0.15, 0.2) is 5.78 Å². The van der Waals surface area contributed by atoms with E-state index in [9.17, 15) is 9.59 Å². The van der Waals surface area contributed by atoms with Gasteiger partial charge in [0.2, 0.25) is 0 Å². The summed E-state index contributed by atoms with van der Waals surface area (Å²) in [5.41, 5.74) is -0.507. The van der Waals surface area contributed by atoms with E-state index in [2.05, 4.69) is 5.32 Å². The third kappa shape index (κ3) is 4.73. The summed E-state index contributed by atoms with van der Waals surface area (Å²) in [5, 5.41) is 2.74. The Balaban J connectivity index is 2.42. The number of ether oxygens (including phenoxy) is 1. The Morgan fingerprint density at radius 2 is 2.00 bits per heavy atom. The molecular formula is C14H21NO3. The Kier molecular flexibility index (Phi) is 4.70. The van der Waals surface area contributed by atoms with Crippen LogP contribution in [0, 0.1) is 5.92 Å². The average molecular weight is 251 g/mol. The molecule has 1 N–H and O–H groups in total. The van der Waals surface area contributed by atoms with E-state index in [4.69, 9.17) is 4.74 Å². The lowest BCUT2D eigenvalue weighted by molar-refractivity contribution is -0.117. The molecule has 2 atom stereocenters. The highest BCUT2D eigenvalue weighted by Crippen LogP contribution is 2.20. The second kappa shape index (κ2) is 5.85. The standard InChI is InChI=1S/C14H21NO3/c1-5-6-12(16)10-7-8-11(9-10)15-13(17)18-14(2,3)4/h5-8,10-11H,9H2,1-4H3,(H,15,17)/b6-5+. The molecule has 0 saturated carbocycles. The molecule has 1 aliphatic rings. The molecule has 0 saturated heterocycles. The minimum Gasteiger partial charge on any atom is -0.444 e. The molecule has 1 aliphatic carbocycles. The molecule has 4 heteroatoms. The molecule has 0 aromatic rings. The predicted octanol–water partition coefficient (Wildman–Crippen LogP) is 2.60. The Labute approximate surface area is 108 Å². The van der Waals surface area contributed by atoms with Gasteiger partial charge in [0, 0.05) is 5.92 Å². The number of amides is 1. The first-order valence-corrected chi connectivity index (χ1v) is 6.16. The summed E-state index contributed by atoms with van der Waals surface area (Å²) >= 11 is 0. The monoisotopic (exact) mass is 251 g/mol. The van der Waals surface area contributed by atoms with Crippen LogP contribution < -0.4 is 5.32 Å². The molecule has 100 valence electrons. The number of rotatable bonds is 3. The number of carbonyl (C=O) groups excluding carboxylic acids is 2. The topological polar surface area (TPSA) is 55.4 Å². The van der Waals surface area contributed by atoms with Crippen LogP contribution in [-0.4, -0.2) is 23.5 Å². The lowest BCUT2D eigenvalue weighted by Gasteiger charge is -2.21. The Morgan fingerprint density at radius 1 is 1.33 bits per heavy atom. The van der Waals surface area contributed by atoms with Crippen LogP contribution in [-0.2, 0) is 9.53 Å². The highest BCUT2D eigenvalue weighted by atomic mass is 16.6. The summed E-state index contributed by atoms with van der Waals surface area (Å²) < 4.78 is 5.16. The minimum atomic E-state index is -0.507. The molecule has 1 amide bonds. The van der Waals surface area contributed by atoms with Crippen molar-refractivity contribution in [3.05, 3.63) is 24.3 Å². The first kappa shape index (κ1) is 14.5. The lowest BCUT2D eigenvalue weighted by Crippen LogP contribution is -2.38. The van der Waals surface area contributed by atoms with Gasteiger partial charge in [-0.1, -0.05) is 18.2 Å². The van der Waals surface area contributed by atoms with Crippen molar-refractivity contribution in [2.75, 3.05) is 0 Å². The summed E-state index contributed by atoms with van der Waals surface area (Å²) in [6, 6.07) is -0.126. The molecule has 0 aromatic heterocycles. The number of hydrogen-bond donors (Lipinski definition) is 1. The maximum absolute atomic E-state index is 11.6. The molecule has 0 aromatic carbocycles. The number of ketones is 1. The summed E-state index contributed by atoms with van der Waals surface area (Å²) in [4.78, 5) is 23.2. The summed E-state index contributed by atoms with van der Waals surface area (Å²) in [6.07, 6.45) is 7.12. The number of alkyl carbamates (subject to hydrolysis) is 1. The minimum absolute atomic E-state index is 0.0715. The number of hydrogen-bond acceptors (Lipinski definition) is 3. The van der Waals surface area contributed by atoms with Crippen molar-refractivity contribution in [2.45, 2.75) is 45.8 Å². The predicted molar refractivity (Wildman–Crippen MR) is 70.2 cm³/mol. The van der Waals surface area contributed by atoms with Crippen molar-refractivity contribution in [2.24, 2.45) is 5.92 Å². The summed E-state index contributed by atoms with van der Waals surface area (Å²) in [6.45, 7) is 7.26. The molecular weight excluding hydrogens is 230 g/mol. The first-order valence-electron chi connectivity index (χ1n) is 6.16. The van der Waals surface area contributed by atoms with Crippen molar-refractivity contribution in [1.82, 2.24) is 5.32 Å². The summed E-state index contributed by atoms with van der Waals surface area (Å²) in [7, 11) is 0. The van der Waals surface area contributed by atoms with E-state index in [1.807, 2.05) is 39.8 Å². The third-order valence-corrected chi connectivity index (χ3v) is 2.48. The van der Waals surface area contributed by atoms with Gasteiger partial charge in [0.05, 0.1) is 6.04 Å². The molecule has 0 radical (unpaired) electrons. The zero-order valence-electron chi connectivity index (χ0n) is 11.4.